The van der Waals surface area contributed by atoms with Gasteiger partial charge in [0.25, 0.3) is 5.91 Å². The van der Waals surface area contributed by atoms with Crippen molar-refractivity contribution < 1.29 is 14.6 Å². The summed E-state index contributed by atoms with van der Waals surface area (Å²) in [5, 5.41) is 15.2. The summed E-state index contributed by atoms with van der Waals surface area (Å²) in [6, 6.07) is 15.9. The lowest BCUT2D eigenvalue weighted by atomic mass is 10.0. The van der Waals surface area contributed by atoms with Crippen LogP contribution in [0.5, 0.6) is 11.5 Å². The molecule has 3 aromatic carbocycles. The van der Waals surface area contributed by atoms with E-state index in [1.54, 1.807) is 36.4 Å². The van der Waals surface area contributed by atoms with Gasteiger partial charge in [0.05, 0.1) is 22.9 Å². The van der Waals surface area contributed by atoms with Crippen LogP contribution in [-0.4, -0.2) is 17.6 Å². The predicted octanol–water partition coefficient (Wildman–Crippen LogP) is 6.41. The number of anilines is 1. The van der Waals surface area contributed by atoms with E-state index >= 15 is 0 Å². The number of hydrogen-bond donors (Lipinski definition) is 2. The average molecular weight is 398 g/mol. The molecule has 0 radical (unpaired) electrons. The summed E-state index contributed by atoms with van der Waals surface area (Å²) in [4.78, 5) is 12.8. The van der Waals surface area contributed by atoms with E-state index in [0.717, 1.165) is 24.6 Å². The molecule has 3 aromatic rings. The first kappa shape index (κ1) is 20.0. The van der Waals surface area contributed by atoms with Crippen molar-refractivity contribution in [1.29, 1.82) is 0 Å². The fraction of sp³-hybridized carbons (Fsp3) is 0.261. The molecule has 0 unspecified atom stereocenters. The topological polar surface area (TPSA) is 58.6 Å². The maximum atomic E-state index is 12.8. The third kappa shape index (κ3) is 4.57. The van der Waals surface area contributed by atoms with E-state index in [9.17, 15) is 9.90 Å². The lowest BCUT2D eigenvalue weighted by Crippen LogP contribution is -2.13. The molecule has 146 valence electrons. The van der Waals surface area contributed by atoms with E-state index in [0.29, 0.717) is 28.5 Å². The number of halogens is 1. The normalized spacial score (nSPS) is 10.8. The number of phenols is 1. The van der Waals surface area contributed by atoms with Crippen LogP contribution in [0.1, 0.15) is 43.0 Å². The molecule has 0 bridgehead atoms. The van der Waals surface area contributed by atoms with Gasteiger partial charge in [-0.1, -0.05) is 74.2 Å². The Balaban J connectivity index is 1.90. The number of para-hydroxylation sites is 1. The van der Waals surface area contributed by atoms with Gasteiger partial charge in [0, 0.05) is 10.8 Å². The summed E-state index contributed by atoms with van der Waals surface area (Å²) in [5.74, 6) is 0.0832. The van der Waals surface area contributed by atoms with E-state index in [-0.39, 0.29) is 11.3 Å². The lowest BCUT2D eigenvalue weighted by molar-refractivity contribution is 0.102. The Morgan fingerprint density at radius 3 is 2.50 bits per heavy atom. The van der Waals surface area contributed by atoms with Crippen LogP contribution in [-0.2, 0) is 0 Å². The highest BCUT2D eigenvalue weighted by molar-refractivity contribution is 6.34. The fourth-order valence-electron chi connectivity index (χ4n) is 3.08. The average Bonchev–Trinajstić information content (AvgIpc) is 2.71. The molecule has 0 aliphatic heterocycles. The Morgan fingerprint density at radius 2 is 1.75 bits per heavy atom. The summed E-state index contributed by atoms with van der Waals surface area (Å²) in [7, 11) is 0. The highest BCUT2D eigenvalue weighted by atomic mass is 35.5. The molecular weight excluding hydrogens is 374 g/mol. The summed E-state index contributed by atoms with van der Waals surface area (Å²) in [6.07, 6.45) is 4.39. The van der Waals surface area contributed by atoms with E-state index in [1.807, 2.05) is 18.2 Å². The van der Waals surface area contributed by atoms with Crippen LogP contribution in [0.2, 0.25) is 5.02 Å². The minimum absolute atomic E-state index is 0.0708. The summed E-state index contributed by atoms with van der Waals surface area (Å²) >= 11 is 6.13. The van der Waals surface area contributed by atoms with Crippen molar-refractivity contribution in [3.63, 3.8) is 0 Å². The number of hydrogen-bond acceptors (Lipinski definition) is 3. The second-order valence-corrected chi connectivity index (χ2v) is 7.07. The number of nitrogens with one attached hydrogen (secondary N) is 1. The van der Waals surface area contributed by atoms with Gasteiger partial charge in [-0.15, -0.1) is 0 Å². The molecule has 0 fully saturated rings. The number of rotatable bonds is 8. The van der Waals surface area contributed by atoms with Crippen LogP contribution in [0.25, 0.3) is 10.8 Å². The van der Waals surface area contributed by atoms with Gasteiger partial charge in [-0.2, -0.15) is 0 Å². The molecule has 5 heteroatoms. The molecule has 0 aliphatic carbocycles. The molecule has 4 nitrogen and oxygen atoms in total. The fourth-order valence-corrected chi connectivity index (χ4v) is 3.27. The molecule has 0 aromatic heterocycles. The second-order valence-electron chi connectivity index (χ2n) is 6.66. The summed E-state index contributed by atoms with van der Waals surface area (Å²) < 4.78 is 5.97. The molecule has 0 saturated carbocycles. The maximum absolute atomic E-state index is 12.8. The Kier molecular flexibility index (Phi) is 6.77. The third-order valence-corrected chi connectivity index (χ3v) is 4.93. The van der Waals surface area contributed by atoms with Gasteiger partial charge >= 0.3 is 0 Å². The summed E-state index contributed by atoms with van der Waals surface area (Å²) in [6.45, 7) is 2.73. The van der Waals surface area contributed by atoms with Gasteiger partial charge in [-0.05, 0) is 24.6 Å². The van der Waals surface area contributed by atoms with Gasteiger partial charge in [-0.25, -0.2) is 0 Å². The zero-order chi connectivity index (χ0) is 19.9. The molecular formula is C23H24ClNO3. The molecule has 0 aliphatic rings. The van der Waals surface area contributed by atoms with Crippen molar-refractivity contribution in [1.82, 2.24) is 0 Å². The van der Waals surface area contributed by atoms with Gasteiger partial charge in [0.1, 0.15) is 11.5 Å². The minimum atomic E-state index is -0.438. The smallest absolute Gasteiger partial charge is 0.259 e. The predicted molar refractivity (Wildman–Crippen MR) is 115 cm³/mol. The quantitative estimate of drug-likeness (QED) is 0.432. The van der Waals surface area contributed by atoms with Crippen molar-refractivity contribution in [2.24, 2.45) is 0 Å². The zero-order valence-corrected chi connectivity index (χ0v) is 16.6. The molecule has 0 atom stereocenters. The van der Waals surface area contributed by atoms with Crippen molar-refractivity contribution in [2.45, 2.75) is 32.6 Å². The van der Waals surface area contributed by atoms with Crippen molar-refractivity contribution in [3.8, 4) is 11.5 Å². The number of unbranched alkanes of at least 4 members (excludes halogenated alkanes) is 3. The standard InChI is InChI=1S/C23H24ClNO3/c1-2-3-4-9-14-28-21-15-18(22(26)17-11-6-5-10-16(17)21)23(27)25-20-13-8-7-12-19(20)24/h5-8,10-13,15,26H,2-4,9,14H2,1H3,(H,25,27). The van der Waals surface area contributed by atoms with Crippen LogP contribution in [0.4, 0.5) is 5.69 Å². The van der Waals surface area contributed by atoms with Crippen LogP contribution in [0.15, 0.2) is 54.6 Å². The van der Waals surface area contributed by atoms with E-state index in [2.05, 4.69) is 12.2 Å². The first-order valence-corrected chi connectivity index (χ1v) is 9.93. The monoisotopic (exact) mass is 397 g/mol. The van der Waals surface area contributed by atoms with Crippen LogP contribution >= 0.6 is 11.6 Å². The highest BCUT2D eigenvalue weighted by Crippen LogP contribution is 2.36. The molecule has 28 heavy (non-hydrogen) atoms. The number of amides is 1. The summed E-state index contributed by atoms with van der Waals surface area (Å²) in [5.41, 5.74) is 0.644. The van der Waals surface area contributed by atoms with E-state index in [1.165, 1.54) is 6.42 Å². The number of carbonyl (C=O) groups is 1. The molecule has 0 spiro atoms. The van der Waals surface area contributed by atoms with E-state index < -0.39 is 5.91 Å². The number of fused-ring (bicyclic) bond motifs is 1. The molecule has 1 amide bonds. The van der Waals surface area contributed by atoms with Gasteiger partial charge in [-0.3, -0.25) is 4.79 Å². The van der Waals surface area contributed by atoms with Gasteiger partial charge in [0.2, 0.25) is 0 Å². The first-order chi connectivity index (χ1) is 13.6. The number of phenolic OH excluding ortho intramolecular Hbond substituents is 1. The Morgan fingerprint density at radius 1 is 1.04 bits per heavy atom. The highest BCUT2D eigenvalue weighted by Gasteiger charge is 2.18. The first-order valence-electron chi connectivity index (χ1n) is 9.55. The largest absolute Gasteiger partial charge is 0.506 e. The maximum Gasteiger partial charge on any atom is 0.259 e. The van der Waals surface area contributed by atoms with Crippen molar-refractivity contribution in [2.75, 3.05) is 11.9 Å². The molecule has 2 N–H and O–H groups in total. The van der Waals surface area contributed by atoms with Crippen molar-refractivity contribution >= 4 is 34.0 Å². The third-order valence-electron chi connectivity index (χ3n) is 4.60. The molecule has 0 saturated heterocycles. The Labute approximate surface area is 170 Å². The van der Waals surface area contributed by atoms with E-state index in [4.69, 9.17) is 16.3 Å². The SMILES string of the molecule is CCCCCCOc1cc(C(=O)Nc2ccccc2Cl)c(O)c2ccccc12. The molecule has 3 rings (SSSR count). The number of aromatic hydroxyl groups is 1. The number of ether oxygens (including phenoxy) is 1. The van der Waals surface area contributed by atoms with Crippen LogP contribution in [0.3, 0.4) is 0 Å². The van der Waals surface area contributed by atoms with Gasteiger partial charge < -0.3 is 15.2 Å². The molecule has 0 heterocycles. The Hall–Kier alpha value is -2.72. The number of benzene rings is 3. The lowest BCUT2D eigenvalue weighted by Gasteiger charge is -2.14. The van der Waals surface area contributed by atoms with Gasteiger partial charge in [0.15, 0.2) is 0 Å². The second kappa shape index (κ2) is 9.47. The zero-order valence-electron chi connectivity index (χ0n) is 15.9. The van der Waals surface area contributed by atoms with Crippen LogP contribution in [0, 0.1) is 0 Å². The van der Waals surface area contributed by atoms with Crippen molar-refractivity contribution in [3.05, 3.63) is 65.2 Å². The Bertz CT molecular complexity index is 971. The number of carbonyl (C=O) groups excluding carboxylic acids is 1. The van der Waals surface area contributed by atoms with Crippen LogP contribution < -0.4 is 10.1 Å². The minimum Gasteiger partial charge on any atom is -0.506 e.